The van der Waals surface area contributed by atoms with Crippen molar-refractivity contribution in [3.8, 4) is 11.1 Å². The molecule has 0 saturated heterocycles. The molecule has 0 aliphatic carbocycles. The lowest BCUT2D eigenvalue weighted by atomic mass is 10.0. The maximum absolute atomic E-state index is 12.8. The fourth-order valence-corrected chi connectivity index (χ4v) is 1.69. The van der Waals surface area contributed by atoms with Crippen LogP contribution in [0.4, 0.5) is 4.39 Å². The quantitative estimate of drug-likeness (QED) is 0.764. The van der Waals surface area contributed by atoms with E-state index in [-0.39, 0.29) is 12.4 Å². The number of aryl methyl sites for hydroxylation is 1. The highest BCUT2D eigenvalue weighted by Crippen LogP contribution is 2.22. The molecule has 0 bridgehead atoms. The van der Waals surface area contributed by atoms with Gasteiger partial charge in [-0.3, -0.25) is 0 Å². The molecule has 0 saturated carbocycles. The Morgan fingerprint density at radius 2 is 1.88 bits per heavy atom. The predicted octanol–water partition coefficient (Wildman–Crippen LogP) is 1.81. The molecule has 1 aromatic heterocycles. The molecule has 82 valence electrons. The SMILES string of the molecule is C[n+]1ccc(-c2ccc(F)cc2)c(CO)c1. The Hall–Kier alpha value is -1.74. The molecule has 0 atom stereocenters. The van der Waals surface area contributed by atoms with Gasteiger partial charge in [-0.15, -0.1) is 0 Å². The molecule has 0 aliphatic heterocycles. The Morgan fingerprint density at radius 3 is 2.50 bits per heavy atom. The molecule has 3 heteroatoms. The van der Waals surface area contributed by atoms with Gasteiger partial charge in [-0.2, -0.15) is 0 Å². The van der Waals surface area contributed by atoms with Gasteiger partial charge in [0.25, 0.3) is 0 Å². The van der Waals surface area contributed by atoms with E-state index in [1.165, 1.54) is 12.1 Å². The number of halogens is 1. The molecule has 0 fully saturated rings. The van der Waals surface area contributed by atoms with Crippen molar-refractivity contribution in [3.05, 3.63) is 54.1 Å². The number of rotatable bonds is 2. The van der Waals surface area contributed by atoms with Gasteiger partial charge in [-0.1, -0.05) is 12.1 Å². The Labute approximate surface area is 93.6 Å². The molecule has 0 aliphatic rings. The molecule has 1 aromatic carbocycles. The maximum atomic E-state index is 12.8. The van der Waals surface area contributed by atoms with E-state index < -0.39 is 0 Å². The van der Waals surface area contributed by atoms with Crippen LogP contribution in [0, 0.1) is 5.82 Å². The van der Waals surface area contributed by atoms with Crippen LogP contribution in [0.2, 0.25) is 0 Å². The summed E-state index contributed by atoms with van der Waals surface area (Å²) in [5.41, 5.74) is 2.67. The van der Waals surface area contributed by atoms with Gasteiger partial charge < -0.3 is 5.11 Å². The molecule has 0 amide bonds. The monoisotopic (exact) mass is 218 g/mol. The summed E-state index contributed by atoms with van der Waals surface area (Å²) < 4.78 is 14.7. The first-order valence-corrected chi connectivity index (χ1v) is 5.05. The van der Waals surface area contributed by atoms with E-state index in [0.29, 0.717) is 0 Å². The Balaban J connectivity index is 2.51. The lowest BCUT2D eigenvalue weighted by Gasteiger charge is -2.05. The summed E-state index contributed by atoms with van der Waals surface area (Å²) in [6, 6.07) is 8.18. The second kappa shape index (κ2) is 4.41. The van der Waals surface area contributed by atoms with Crippen LogP contribution in [0.3, 0.4) is 0 Å². The van der Waals surface area contributed by atoms with Gasteiger partial charge in [-0.05, 0) is 23.3 Å². The molecular weight excluding hydrogens is 205 g/mol. The molecule has 0 unspecified atom stereocenters. The summed E-state index contributed by atoms with van der Waals surface area (Å²) >= 11 is 0. The van der Waals surface area contributed by atoms with Gasteiger partial charge in [0, 0.05) is 11.6 Å². The molecule has 2 aromatic rings. The lowest BCUT2D eigenvalue weighted by Crippen LogP contribution is -2.27. The van der Waals surface area contributed by atoms with E-state index in [2.05, 4.69) is 0 Å². The molecule has 0 spiro atoms. The number of nitrogens with zero attached hydrogens (tertiary/aromatic N) is 1. The highest BCUT2D eigenvalue weighted by Gasteiger charge is 2.08. The molecule has 0 radical (unpaired) electrons. The summed E-state index contributed by atoms with van der Waals surface area (Å²) in [6.07, 6.45) is 3.76. The minimum Gasteiger partial charge on any atom is -0.391 e. The number of aliphatic hydroxyl groups excluding tert-OH is 1. The molecular formula is C13H13FNO+. The average molecular weight is 218 g/mol. The minimum absolute atomic E-state index is 0.0264. The lowest BCUT2D eigenvalue weighted by molar-refractivity contribution is -0.671. The molecule has 16 heavy (non-hydrogen) atoms. The molecule has 2 rings (SSSR count). The number of benzene rings is 1. The van der Waals surface area contributed by atoms with Crippen LogP contribution in [0.5, 0.6) is 0 Å². The number of aromatic nitrogens is 1. The van der Waals surface area contributed by atoms with Crippen LogP contribution in [0.25, 0.3) is 11.1 Å². The van der Waals surface area contributed by atoms with Crippen LogP contribution in [-0.4, -0.2) is 5.11 Å². The summed E-state index contributed by atoms with van der Waals surface area (Å²) in [5.74, 6) is -0.254. The Bertz CT molecular complexity index is 494. The topological polar surface area (TPSA) is 24.1 Å². The van der Waals surface area contributed by atoms with Gasteiger partial charge in [-0.25, -0.2) is 8.96 Å². The van der Waals surface area contributed by atoms with Crippen LogP contribution in [0.1, 0.15) is 5.56 Å². The largest absolute Gasteiger partial charge is 0.391 e. The average Bonchev–Trinajstić information content (AvgIpc) is 2.30. The van der Waals surface area contributed by atoms with Crippen molar-refractivity contribution < 1.29 is 14.1 Å². The highest BCUT2D eigenvalue weighted by atomic mass is 19.1. The number of aliphatic hydroxyl groups is 1. The number of hydrogen-bond acceptors (Lipinski definition) is 1. The zero-order valence-corrected chi connectivity index (χ0v) is 9.02. The van der Waals surface area contributed by atoms with E-state index >= 15 is 0 Å². The van der Waals surface area contributed by atoms with Crippen LogP contribution < -0.4 is 4.57 Å². The second-order valence-electron chi connectivity index (χ2n) is 3.71. The summed E-state index contributed by atoms with van der Waals surface area (Å²) in [6.45, 7) is -0.0264. The van der Waals surface area contributed by atoms with Crippen molar-refractivity contribution in [2.45, 2.75) is 6.61 Å². The Morgan fingerprint density at radius 1 is 1.19 bits per heavy atom. The van der Waals surface area contributed by atoms with Crippen molar-refractivity contribution in [2.75, 3.05) is 0 Å². The van der Waals surface area contributed by atoms with E-state index in [4.69, 9.17) is 0 Å². The normalized spacial score (nSPS) is 10.4. The summed E-state index contributed by atoms with van der Waals surface area (Å²) in [5, 5.41) is 9.27. The van der Waals surface area contributed by atoms with Crippen molar-refractivity contribution in [2.24, 2.45) is 7.05 Å². The second-order valence-corrected chi connectivity index (χ2v) is 3.71. The summed E-state index contributed by atoms with van der Waals surface area (Å²) in [4.78, 5) is 0. The van der Waals surface area contributed by atoms with Gasteiger partial charge >= 0.3 is 0 Å². The first-order valence-electron chi connectivity index (χ1n) is 5.05. The van der Waals surface area contributed by atoms with Crippen molar-refractivity contribution >= 4 is 0 Å². The number of hydrogen-bond donors (Lipinski definition) is 1. The zero-order chi connectivity index (χ0) is 11.5. The van der Waals surface area contributed by atoms with E-state index in [1.54, 1.807) is 12.1 Å². The fraction of sp³-hybridized carbons (Fsp3) is 0.154. The third-order valence-corrected chi connectivity index (χ3v) is 2.51. The third-order valence-electron chi connectivity index (χ3n) is 2.51. The van der Waals surface area contributed by atoms with Gasteiger partial charge in [0.1, 0.15) is 12.9 Å². The molecule has 1 N–H and O–H groups in total. The standard InChI is InChI=1S/C13H13FNO/c1-15-7-6-13(11(8-15)9-16)10-2-4-12(14)5-3-10/h2-8,16H,9H2,1H3/q+1. The van der Waals surface area contributed by atoms with E-state index in [1.807, 2.05) is 30.1 Å². The van der Waals surface area contributed by atoms with Gasteiger partial charge in [0.15, 0.2) is 12.4 Å². The number of pyridine rings is 1. The van der Waals surface area contributed by atoms with Crippen LogP contribution in [-0.2, 0) is 13.7 Å². The van der Waals surface area contributed by atoms with Gasteiger partial charge in [0.2, 0.25) is 0 Å². The zero-order valence-electron chi connectivity index (χ0n) is 9.02. The van der Waals surface area contributed by atoms with E-state index in [0.717, 1.165) is 16.7 Å². The van der Waals surface area contributed by atoms with Crippen LogP contribution in [0.15, 0.2) is 42.7 Å². The minimum atomic E-state index is -0.254. The predicted molar refractivity (Wildman–Crippen MR) is 58.9 cm³/mol. The van der Waals surface area contributed by atoms with Crippen molar-refractivity contribution in [1.29, 1.82) is 0 Å². The summed E-state index contributed by atoms with van der Waals surface area (Å²) in [7, 11) is 1.90. The van der Waals surface area contributed by atoms with Crippen molar-refractivity contribution in [3.63, 3.8) is 0 Å². The van der Waals surface area contributed by atoms with Gasteiger partial charge in [0.05, 0.1) is 6.61 Å². The van der Waals surface area contributed by atoms with Crippen molar-refractivity contribution in [1.82, 2.24) is 0 Å². The fourth-order valence-electron chi connectivity index (χ4n) is 1.69. The smallest absolute Gasteiger partial charge is 0.174 e. The third kappa shape index (κ3) is 2.09. The molecule has 2 nitrogen and oxygen atoms in total. The van der Waals surface area contributed by atoms with Crippen LogP contribution >= 0.6 is 0 Å². The maximum Gasteiger partial charge on any atom is 0.174 e. The van der Waals surface area contributed by atoms with E-state index in [9.17, 15) is 9.50 Å². The first kappa shape index (κ1) is 10.8. The Kier molecular flexibility index (Phi) is 2.97. The first-order chi connectivity index (χ1) is 7.70. The highest BCUT2D eigenvalue weighted by molar-refractivity contribution is 5.65. The molecule has 1 heterocycles.